The number of hydrogen-bond donors (Lipinski definition) is 1. The first-order chi connectivity index (χ1) is 19.5. The first kappa shape index (κ1) is 26.0. The van der Waals surface area contributed by atoms with Gasteiger partial charge in [0.25, 0.3) is 11.5 Å². The number of carbonyl (C=O) groups is 1. The number of nitrogens with zero attached hydrogens (tertiary/aromatic N) is 4. The van der Waals surface area contributed by atoms with E-state index in [1.54, 1.807) is 23.8 Å². The Bertz CT molecular complexity index is 1740. The summed E-state index contributed by atoms with van der Waals surface area (Å²) in [6, 6.07) is 23.0. The Morgan fingerprint density at radius 3 is 2.50 bits per heavy atom. The predicted octanol–water partition coefficient (Wildman–Crippen LogP) is 5.00. The Morgan fingerprint density at radius 2 is 1.73 bits per heavy atom. The normalized spacial score (nSPS) is 14.1. The van der Waals surface area contributed by atoms with E-state index in [1.165, 1.54) is 11.3 Å². The van der Waals surface area contributed by atoms with Crippen LogP contribution in [0.5, 0.6) is 5.75 Å². The number of aromatic nitrogens is 2. The zero-order chi connectivity index (χ0) is 27.6. The van der Waals surface area contributed by atoms with Crippen LogP contribution in [-0.2, 0) is 6.54 Å². The Hall–Kier alpha value is -4.21. The lowest BCUT2D eigenvalue weighted by Gasteiger charge is -2.36. The molecular weight excluding hydrogens is 522 g/mol. The molecule has 9 heteroatoms. The number of benzene rings is 3. The molecule has 0 bridgehead atoms. The SMILES string of the molecule is COc1ccccc1N1CCN(CCn2c(C)nc3c(sc4ccc(NC(=O)c5ccccc5)cc43)c2=O)CC1. The second-order valence-corrected chi connectivity index (χ2v) is 11.0. The lowest BCUT2D eigenvalue weighted by atomic mass is 10.2. The molecule has 2 aromatic heterocycles. The van der Waals surface area contributed by atoms with E-state index in [2.05, 4.69) is 21.2 Å². The smallest absolute Gasteiger partial charge is 0.271 e. The van der Waals surface area contributed by atoms with Gasteiger partial charge in [0.05, 0.1) is 18.3 Å². The monoisotopic (exact) mass is 553 g/mol. The summed E-state index contributed by atoms with van der Waals surface area (Å²) < 4.78 is 8.95. The summed E-state index contributed by atoms with van der Waals surface area (Å²) in [5, 5.41) is 3.84. The van der Waals surface area contributed by atoms with Crippen LogP contribution in [0.25, 0.3) is 20.3 Å². The second-order valence-electron chi connectivity index (χ2n) is 9.93. The summed E-state index contributed by atoms with van der Waals surface area (Å²) in [6.45, 7) is 6.92. The molecule has 1 aliphatic rings. The van der Waals surface area contributed by atoms with E-state index in [9.17, 15) is 9.59 Å². The average Bonchev–Trinajstić information content (AvgIpc) is 3.35. The molecule has 0 radical (unpaired) electrons. The highest BCUT2D eigenvalue weighted by Gasteiger charge is 2.21. The van der Waals surface area contributed by atoms with Gasteiger partial charge in [-0.05, 0) is 49.4 Å². The van der Waals surface area contributed by atoms with Gasteiger partial charge in [-0.3, -0.25) is 19.1 Å². The minimum absolute atomic E-state index is 0.00812. The molecule has 0 saturated carbocycles. The third kappa shape index (κ3) is 5.05. The molecule has 3 heterocycles. The van der Waals surface area contributed by atoms with Gasteiger partial charge < -0.3 is 15.0 Å². The number of methoxy groups -OCH3 is 1. The van der Waals surface area contributed by atoms with Crippen molar-refractivity contribution in [3.63, 3.8) is 0 Å². The molecule has 1 aliphatic heterocycles. The van der Waals surface area contributed by atoms with Crippen LogP contribution in [0.15, 0.2) is 77.6 Å². The third-order valence-electron chi connectivity index (χ3n) is 7.50. The van der Waals surface area contributed by atoms with Crippen molar-refractivity contribution in [2.45, 2.75) is 13.5 Å². The number of fused-ring (bicyclic) bond motifs is 3. The van der Waals surface area contributed by atoms with E-state index in [0.29, 0.717) is 33.8 Å². The van der Waals surface area contributed by atoms with Crippen molar-refractivity contribution in [3.8, 4) is 5.75 Å². The molecule has 1 saturated heterocycles. The van der Waals surface area contributed by atoms with Gasteiger partial charge in [0.15, 0.2) is 0 Å². The van der Waals surface area contributed by atoms with E-state index in [0.717, 1.165) is 54.2 Å². The fourth-order valence-corrected chi connectivity index (χ4v) is 6.38. The molecule has 8 nitrogen and oxygen atoms in total. The number of nitrogens with one attached hydrogen (secondary N) is 1. The molecule has 1 amide bonds. The molecule has 3 aromatic carbocycles. The Morgan fingerprint density at radius 1 is 0.975 bits per heavy atom. The maximum atomic E-state index is 13.6. The van der Waals surface area contributed by atoms with E-state index in [1.807, 2.05) is 61.5 Å². The maximum absolute atomic E-state index is 13.6. The highest BCUT2D eigenvalue weighted by atomic mass is 32.1. The van der Waals surface area contributed by atoms with E-state index in [4.69, 9.17) is 9.72 Å². The van der Waals surface area contributed by atoms with Crippen LogP contribution in [0.2, 0.25) is 0 Å². The van der Waals surface area contributed by atoms with Crippen molar-refractivity contribution < 1.29 is 9.53 Å². The Kier molecular flexibility index (Phi) is 7.23. The molecule has 0 spiro atoms. The fraction of sp³-hybridized carbons (Fsp3) is 0.258. The zero-order valence-electron chi connectivity index (χ0n) is 22.6. The summed E-state index contributed by atoms with van der Waals surface area (Å²) in [6.07, 6.45) is 0. The molecule has 0 aliphatic carbocycles. The Balaban J connectivity index is 1.17. The quantitative estimate of drug-likeness (QED) is 0.306. The number of hydrogen-bond acceptors (Lipinski definition) is 7. The molecule has 5 aromatic rings. The maximum Gasteiger partial charge on any atom is 0.271 e. The van der Waals surface area contributed by atoms with Crippen molar-refractivity contribution >= 4 is 48.9 Å². The Labute approximate surface area is 236 Å². The standard InChI is InChI=1S/C31H31N5O3S/c1-21-32-28-24-20-23(33-30(37)22-8-4-3-5-9-22)12-13-27(24)40-29(28)31(38)36(21)19-16-34-14-17-35(18-15-34)25-10-6-7-11-26(25)39-2/h3-13,20H,14-19H2,1-2H3,(H,33,37). The molecule has 1 fully saturated rings. The summed E-state index contributed by atoms with van der Waals surface area (Å²) in [5.74, 6) is 1.42. The van der Waals surface area contributed by atoms with Crippen LogP contribution in [0, 0.1) is 6.92 Å². The van der Waals surface area contributed by atoms with Gasteiger partial charge in [0, 0.05) is 60.6 Å². The van der Waals surface area contributed by atoms with Gasteiger partial charge in [0.2, 0.25) is 0 Å². The number of carbonyl (C=O) groups excluding carboxylic acids is 1. The molecule has 0 atom stereocenters. The predicted molar refractivity (Wildman–Crippen MR) is 162 cm³/mol. The van der Waals surface area contributed by atoms with E-state index < -0.39 is 0 Å². The number of piperazine rings is 1. The first-order valence-corrected chi connectivity index (χ1v) is 14.2. The molecule has 40 heavy (non-hydrogen) atoms. The summed E-state index contributed by atoms with van der Waals surface area (Å²) in [7, 11) is 1.71. The van der Waals surface area contributed by atoms with Crippen molar-refractivity contribution in [1.82, 2.24) is 14.5 Å². The minimum atomic E-state index is -0.172. The van der Waals surface area contributed by atoms with Crippen LogP contribution >= 0.6 is 11.3 Å². The highest BCUT2D eigenvalue weighted by molar-refractivity contribution is 7.25. The van der Waals surface area contributed by atoms with Gasteiger partial charge in [-0.15, -0.1) is 11.3 Å². The van der Waals surface area contributed by atoms with Crippen LogP contribution in [-0.4, -0.2) is 60.2 Å². The number of para-hydroxylation sites is 2. The topological polar surface area (TPSA) is 79.7 Å². The van der Waals surface area contributed by atoms with Crippen molar-refractivity contribution in [1.29, 1.82) is 0 Å². The van der Waals surface area contributed by atoms with Gasteiger partial charge >= 0.3 is 0 Å². The highest BCUT2D eigenvalue weighted by Crippen LogP contribution is 2.33. The number of aryl methyl sites for hydroxylation is 1. The van der Waals surface area contributed by atoms with Gasteiger partial charge in [-0.1, -0.05) is 30.3 Å². The van der Waals surface area contributed by atoms with Crippen molar-refractivity contribution in [2.24, 2.45) is 0 Å². The number of rotatable bonds is 7. The van der Waals surface area contributed by atoms with Crippen LogP contribution < -0.4 is 20.5 Å². The van der Waals surface area contributed by atoms with E-state index >= 15 is 0 Å². The second kappa shape index (κ2) is 11.1. The van der Waals surface area contributed by atoms with Gasteiger partial charge in [0.1, 0.15) is 16.3 Å². The lowest BCUT2D eigenvalue weighted by molar-refractivity contribution is 0.102. The van der Waals surface area contributed by atoms with Crippen molar-refractivity contribution in [2.75, 3.05) is 50.1 Å². The van der Waals surface area contributed by atoms with Crippen LogP contribution in [0.4, 0.5) is 11.4 Å². The molecule has 6 rings (SSSR count). The van der Waals surface area contributed by atoms with E-state index in [-0.39, 0.29) is 11.5 Å². The van der Waals surface area contributed by atoms with Crippen LogP contribution in [0.3, 0.4) is 0 Å². The minimum Gasteiger partial charge on any atom is -0.495 e. The first-order valence-electron chi connectivity index (χ1n) is 13.4. The summed E-state index contributed by atoms with van der Waals surface area (Å²) in [5.41, 5.74) is 3.08. The lowest BCUT2D eigenvalue weighted by Crippen LogP contribution is -2.47. The fourth-order valence-electron chi connectivity index (χ4n) is 5.31. The number of anilines is 2. The molecule has 0 unspecified atom stereocenters. The molecule has 204 valence electrons. The largest absolute Gasteiger partial charge is 0.495 e. The van der Waals surface area contributed by atoms with Crippen molar-refractivity contribution in [3.05, 3.63) is 94.5 Å². The van der Waals surface area contributed by atoms with Gasteiger partial charge in [-0.25, -0.2) is 4.98 Å². The van der Waals surface area contributed by atoms with Crippen LogP contribution in [0.1, 0.15) is 16.2 Å². The zero-order valence-corrected chi connectivity index (χ0v) is 23.4. The average molecular weight is 554 g/mol. The number of thiophene rings is 1. The molecule has 1 N–H and O–H groups in total. The summed E-state index contributed by atoms with van der Waals surface area (Å²) >= 11 is 1.46. The van der Waals surface area contributed by atoms with Gasteiger partial charge in [-0.2, -0.15) is 0 Å². The summed E-state index contributed by atoms with van der Waals surface area (Å²) in [4.78, 5) is 35.8. The number of ether oxygens (including phenoxy) is 1. The number of amides is 1. The third-order valence-corrected chi connectivity index (χ3v) is 8.65. The molecular formula is C31H31N5O3S.